The van der Waals surface area contributed by atoms with E-state index in [9.17, 15) is 9.59 Å². The molecular weight excluding hydrogens is 300 g/mol. The maximum atomic E-state index is 13.0. The molecule has 2 aliphatic heterocycles. The summed E-state index contributed by atoms with van der Waals surface area (Å²) in [5.74, 6) is -0.403. The molecule has 2 amide bonds. The number of hydrogen-bond donors (Lipinski definition) is 1. The molecule has 1 fully saturated rings. The van der Waals surface area contributed by atoms with Gasteiger partial charge in [-0.25, -0.2) is 0 Å². The molecule has 2 aliphatic rings. The summed E-state index contributed by atoms with van der Waals surface area (Å²) in [5.41, 5.74) is 0.770. The summed E-state index contributed by atoms with van der Waals surface area (Å²) in [5, 5.41) is 2.85. The van der Waals surface area contributed by atoms with Crippen molar-refractivity contribution in [2.24, 2.45) is 0 Å². The van der Waals surface area contributed by atoms with E-state index in [1.165, 1.54) is 11.8 Å². The lowest BCUT2D eigenvalue weighted by molar-refractivity contribution is -0.147. The SMILES string of the molecule is CC1CN(C(=O)C2(C)Sc3ccccc3NC2=O)CC(C)O1. The molecule has 0 aliphatic carbocycles. The summed E-state index contributed by atoms with van der Waals surface area (Å²) in [6.45, 7) is 6.64. The van der Waals surface area contributed by atoms with Crippen LogP contribution in [0.4, 0.5) is 5.69 Å². The Labute approximate surface area is 134 Å². The Morgan fingerprint density at radius 2 is 1.95 bits per heavy atom. The van der Waals surface area contributed by atoms with Crippen LogP contribution in [-0.2, 0) is 14.3 Å². The van der Waals surface area contributed by atoms with Crippen molar-refractivity contribution in [2.45, 2.75) is 42.6 Å². The Morgan fingerprint density at radius 3 is 2.64 bits per heavy atom. The lowest BCUT2D eigenvalue weighted by atomic mass is 10.1. The molecule has 0 bridgehead atoms. The van der Waals surface area contributed by atoms with Gasteiger partial charge in [0.2, 0.25) is 11.8 Å². The fraction of sp³-hybridized carbons (Fsp3) is 0.500. The number of fused-ring (bicyclic) bond motifs is 1. The van der Waals surface area contributed by atoms with E-state index in [1.54, 1.807) is 11.8 Å². The molecule has 2 heterocycles. The smallest absolute Gasteiger partial charge is 0.250 e. The van der Waals surface area contributed by atoms with E-state index in [1.807, 2.05) is 38.1 Å². The number of carbonyl (C=O) groups excluding carboxylic acids is 2. The first-order chi connectivity index (χ1) is 10.4. The Balaban J connectivity index is 1.86. The summed E-state index contributed by atoms with van der Waals surface area (Å²) >= 11 is 1.33. The highest BCUT2D eigenvalue weighted by Gasteiger charge is 2.48. The van der Waals surface area contributed by atoms with Crippen LogP contribution in [0.25, 0.3) is 0 Å². The van der Waals surface area contributed by atoms with Gasteiger partial charge in [-0.1, -0.05) is 23.9 Å². The van der Waals surface area contributed by atoms with E-state index in [-0.39, 0.29) is 24.0 Å². The maximum absolute atomic E-state index is 13.0. The first kappa shape index (κ1) is 15.4. The van der Waals surface area contributed by atoms with E-state index in [4.69, 9.17) is 4.74 Å². The number of anilines is 1. The lowest BCUT2D eigenvalue weighted by Gasteiger charge is -2.41. The Hall–Kier alpha value is -1.53. The second kappa shape index (κ2) is 5.59. The van der Waals surface area contributed by atoms with E-state index in [2.05, 4.69) is 5.32 Å². The van der Waals surface area contributed by atoms with Gasteiger partial charge in [0.25, 0.3) is 0 Å². The highest BCUT2D eigenvalue weighted by Crippen LogP contribution is 2.43. The molecule has 0 saturated carbocycles. The third kappa shape index (κ3) is 2.61. The zero-order valence-electron chi connectivity index (χ0n) is 13.0. The van der Waals surface area contributed by atoms with Crippen LogP contribution < -0.4 is 5.32 Å². The van der Waals surface area contributed by atoms with Crippen LogP contribution in [0.2, 0.25) is 0 Å². The number of benzene rings is 1. The molecule has 0 aromatic heterocycles. The standard InChI is InChI=1S/C16H20N2O3S/c1-10-8-18(9-11(2)21-10)15(20)16(3)14(19)17-12-6-4-5-7-13(12)22-16/h4-7,10-11H,8-9H2,1-3H3,(H,17,19). The van der Waals surface area contributed by atoms with Gasteiger partial charge in [-0.15, -0.1) is 0 Å². The molecule has 5 nitrogen and oxygen atoms in total. The van der Waals surface area contributed by atoms with Gasteiger partial charge in [0.15, 0.2) is 4.75 Å². The number of morpholine rings is 1. The molecule has 3 unspecified atom stereocenters. The highest BCUT2D eigenvalue weighted by molar-refractivity contribution is 8.02. The molecule has 6 heteroatoms. The molecule has 0 spiro atoms. The largest absolute Gasteiger partial charge is 0.372 e. The number of carbonyl (C=O) groups is 2. The average Bonchev–Trinajstić information content (AvgIpc) is 2.46. The number of amides is 2. The van der Waals surface area contributed by atoms with Crippen molar-refractivity contribution >= 4 is 29.3 Å². The normalized spacial score (nSPS) is 31.4. The fourth-order valence-electron chi connectivity index (χ4n) is 2.95. The zero-order chi connectivity index (χ0) is 15.9. The van der Waals surface area contributed by atoms with Crippen LogP contribution in [0, 0.1) is 0 Å². The van der Waals surface area contributed by atoms with Crippen molar-refractivity contribution < 1.29 is 14.3 Å². The minimum atomic E-state index is -1.13. The minimum Gasteiger partial charge on any atom is -0.372 e. The number of rotatable bonds is 1. The Kier molecular flexibility index (Phi) is 3.91. The van der Waals surface area contributed by atoms with E-state index in [0.29, 0.717) is 13.1 Å². The third-order valence-corrected chi connectivity index (χ3v) is 5.34. The summed E-state index contributed by atoms with van der Waals surface area (Å²) in [6, 6.07) is 7.56. The molecule has 1 aromatic carbocycles. The van der Waals surface area contributed by atoms with Crippen LogP contribution in [0.1, 0.15) is 20.8 Å². The highest BCUT2D eigenvalue weighted by atomic mass is 32.2. The summed E-state index contributed by atoms with van der Waals surface area (Å²) in [6.07, 6.45) is -0.0273. The summed E-state index contributed by atoms with van der Waals surface area (Å²) in [7, 11) is 0. The van der Waals surface area contributed by atoms with Gasteiger partial charge >= 0.3 is 0 Å². The zero-order valence-corrected chi connectivity index (χ0v) is 13.8. The molecule has 22 heavy (non-hydrogen) atoms. The number of nitrogens with one attached hydrogen (secondary N) is 1. The number of nitrogens with zero attached hydrogens (tertiary/aromatic N) is 1. The molecule has 1 N–H and O–H groups in total. The predicted molar refractivity (Wildman–Crippen MR) is 85.9 cm³/mol. The van der Waals surface area contributed by atoms with Gasteiger partial charge in [-0.05, 0) is 32.9 Å². The van der Waals surface area contributed by atoms with Crippen molar-refractivity contribution in [1.82, 2.24) is 4.90 Å². The predicted octanol–water partition coefficient (Wildman–Crippen LogP) is 2.13. The van der Waals surface area contributed by atoms with Gasteiger partial charge in [-0.3, -0.25) is 9.59 Å². The van der Waals surface area contributed by atoms with Crippen LogP contribution in [-0.4, -0.2) is 46.8 Å². The van der Waals surface area contributed by atoms with Gasteiger partial charge in [0.1, 0.15) is 0 Å². The van der Waals surface area contributed by atoms with Gasteiger partial charge < -0.3 is 15.0 Å². The molecule has 1 aromatic rings. The van der Waals surface area contributed by atoms with Crippen molar-refractivity contribution in [3.63, 3.8) is 0 Å². The number of para-hydroxylation sites is 1. The van der Waals surface area contributed by atoms with Crippen molar-refractivity contribution in [1.29, 1.82) is 0 Å². The maximum Gasteiger partial charge on any atom is 0.250 e. The van der Waals surface area contributed by atoms with Gasteiger partial charge in [0.05, 0.1) is 17.9 Å². The summed E-state index contributed by atoms with van der Waals surface area (Å²) < 4.78 is 4.53. The molecule has 0 radical (unpaired) electrons. The number of ether oxygens (including phenoxy) is 1. The molecular formula is C16H20N2O3S. The number of hydrogen-bond acceptors (Lipinski definition) is 4. The minimum absolute atomic E-state index is 0.0137. The second-order valence-electron chi connectivity index (χ2n) is 6.05. The van der Waals surface area contributed by atoms with Crippen LogP contribution in [0.15, 0.2) is 29.2 Å². The summed E-state index contributed by atoms with van der Waals surface area (Å²) in [4.78, 5) is 28.2. The first-order valence-electron chi connectivity index (χ1n) is 7.44. The third-order valence-electron chi connectivity index (χ3n) is 4.00. The van der Waals surface area contributed by atoms with Gasteiger partial charge in [0, 0.05) is 18.0 Å². The van der Waals surface area contributed by atoms with E-state index >= 15 is 0 Å². The monoisotopic (exact) mass is 320 g/mol. The topological polar surface area (TPSA) is 58.6 Å². The first-order valence-corrected chi connectivity index (χ1v) is 8.26. The average molecular weight is 320 g/mol. The van der Waals surface area contributed by atoms with Crippen LogP contribution in [0.5, 0.6) is 0 Å². The second-order valence-corrected chi connectivity index (χ2v) is 7.51. The molecule has 118 valence electrons. The van der Waals surface area contributed by atoms with Crippen molar-refractivity contribution in [3.8, 4) is 0 Å². The van der Waals surface area contributed by atoms with E-state index < -0.39 is 4.75 Å². The van der Waals surface area contributed by atoms with Crippen LogP contribution >= 0.6 is 11.8 Å². The Morgan fingerprint density at radius 1 is 1.32 bits per heavy atom. The number of thioether (sulfide) groups is 1. The quantitative estimate of drug-likeness (QED) is 0.805. The molecule has 3 atom stereocenters. The Bertz CT molecular complexity index is 611. The van der Waals surface area contributed by atoms with Crippen LogP contribution in [0.3, 0.4) is 0 Å². The molecule has 1 saturated heterocycles. The molecule has 3 rings (SSSR count). The van der Waals surface area contributed by atoms with E-state index in [0.717, 1.165) is 10.6 Å². The lowest BCUT2D eigenvalue weighted by Crippen LogP contribution is -2.58. The van der Waals surface area contributed by atoms with Crippen molar-refractivity contribution in [2.75, 3.05) is 18.4 Å². The fourth-order valence-corrected chi connectivity index (χ4v) is 4.13. The van der Waals surface area contributed by atoms with Gasteiger partial charge in [-0.2, -0.15) is 0 Å². The van der Waals surface area contributed by atoms with Crippen molar-refractivity contribution in [3.05, 3.63) is 24.3 Å².